The molecule has 0 aromatic heterocycles. The van der Waals surface area contributed by atoms with Gasteiger partial charge in [0.15, 0.2) is 0 Å². The minimum Gasteiger partial charge on any atom is -0.491 e. The van der Waals surface area contributed by atoms with Crippen LogP contribution in [0, 0.1) is 0 Å². The summed E-state index contributed by atoms with van der Waals surface area (Å²) in [5.41, 5.74) is 4.29. The van der Waals surface area contributed by atoms with E-state index in [-0.39, 0.29) is 10.8 Å². The van der Waals surface area contributed by atoms with Crippen LogP contribution in [0.3, 0.4) is 0 Å². The number of anilines is 4. The van der Waals surface area contributed by atoms with Crippen LogP contribution in [0.2, 0.25) is 0 Å². The van der Waals surface area contributed by atoms with E-state index in [0.29, 0.717) is 35.1 Å². The van der Waals surface area contributed by atoms with Gasteiger partial charge in [0.2, 0.25) is 0 Å². The topological polar surface area (TPSA) is 49.9 Å². The lowest BCUT2D eigenvalue weighted by Gasteiger charge is -2.34. The number of ether oxygens (including phenoxy) is 1. The number of nitrogens with zero attached hydrogens (tertiary/aromatic N) is 2. The van der Waals surface area contributed by atoms with Gasteiger partial charge >= 0.3 is 11.8 Å². The molecule has 5 heteroatoms. The smallest absolute Gasteiger partial charge is 0.321 e. The average molecular weight is 829 g/mol. The number of amides is 2. The number of rotatable bonds is 26. The zero-order chi connectivity index (χ0) is 43.9. The summed E-state index contributed by atoms with van der Waals surface area (Å²) in [6.45, 7) is 16.1. The van der Waals surface area contributed by atoms with Crippen molar-refractivity contribution in [2.45, 2.75) is 188 Å². The second-order valence-electron chi connectivity index (χ2n) is 19.2. The first-order chi connectivity index (χ1) is 29.4. The SMILES string of the molecule is CCCCCCCCCCCCCCCCCCCCCCOc1cc(C(C)(C)C)c(C(C)(C)C)cc1N(C(=O)C(=O)N(c1ccccc1)c1ccccc1)c1ccccc1. The Hall–Kier alpha value is -4.38. The van der Waals surface area contributed by atoms with Gasteiger partial charge in [0.25, 0.3) is 0 Å². The highest BCUT2D eigenvalue weighted by Crippen LogP contribution is 2.44. The minimum absolute atomic E-state index is 0.180. The Morgan fingerprint density at radius 2 is 0.738 bits per heavy atom. The quantitative estimate of drug-likeness (QED) is 0.0468. The molecule has 332 valence electrons. The van der Waals surface area contributed by atoms with Gasteiger partial charge in [-0.3, -0.25) is 19.4 Å². The van der Waals surface area contributed by atoms with Crippen molar-refractivity contribution in [1.29, 1.82) is 0 Å². The van der Waals surface area contributed by atoms with E-state index in [2.05, 4.69) is 60.6 Å². The van der Waals surface area contributed by atoms with E-state index in [1.165, 1.54) is 126 Å². The minimum atomic E-state index is -0.661. The summed E-state index contributed by atoms with van der Waals surface area (Å²) >= 11 is 0. The fraction of sp³-hybridized carbons (Fsp3) is 0.536. The Morgan fingerprint density at radius 1 is 0.426 bits per heavy atom. The molecule has 0 radical (unpaired) electrons. The fourth-order valence-corrected chi connectivity index (χ4v) is 8.31. The van der Waals surface area contributed by atoms with E-state index in [0.717, 1.165) is 18.4 Å². The van der Waals surface area contributed by atoms with Gasteiger partial charge in [0.1, 0.15) is 5.75 Å². The number of hydrogen-bond acceptors (Lipinski definition) is 3. The molecule has 0 saturated carbocycles. The van der Waals surface area contributed by atoms with Crippen LogP contribution in [0.15, 0.2) is 103 Å². The molecule has 0 fully saturated rings. The summed E-state index contributed by atoms with van der Waals surface area (Å²) in [6, 6.07) is 32.5. The van der Waals surface area contributed by atoms with Crippen LogP contribution in [0.4, 0.5) is 22.7 Å². The third-order valence-electron chi connectivity index (χ3n) is 11.8. The molecule has 0 aliphatic carbocycles. The van der Waals surface area contributed by atoms with Gasteiger partial charge < -0.3 is 4.74 Å². The number of unbranched alkanes of at least 4 members (excludes halogenated alkanes) is 19. The van der Waals surface area contributed by atoms with Crippen molar-refractivity contribution < 1.29 is 14.3 Å². The first-order valence-corrected chi connectivity index (χ1v) is 24.1. The third-order valence-corrected chi connectivity index (χ3v) is 11.8. The molecular formula is C56H80N2O3. The van der Waals surface area contributed by atoms with Gasteiger partial charge in [-0.1, -0.05) is 225 Å². The van der Waals surface area contributed by atoms with E-state index in [1.54, 1.807) is 4.90 Å². The predicted molar refractivity (Wildman–Crippen MR) is 261 cm³/mol. The van der Waals surface area contributed by atoms with Crippen LogP contribution in [-0.2, 0) is 20.4 Å². The van der Waals surface area contributed by atoms with Gasteiger partial charge in [-0.2, -0.15) is 0 Å². The van der Waals surface area contributed by atoms with Crippen LogP contribution in [0.5, 0.6) is 5.75 Å². The molecule has 0 saturated heterocycles. The maximum Gasteiger partial charge on any atom is 0.321 e. The van der Waals surface area contributed by atoms with Crippen LogP contribution >= 0.6 is 0 Å². The van der Waals surface area contributed by atoms with E-state index in [4.69, 9.17) is 4.74 Å². The Labute approximate surface area is 371 Å². The van der Waals surface area contributed by atoms with Crippen LogP contribution in [0.1, 0.15) is 188 Å². The molecule has 4 aromatic rings. The first kappa shape index (κ1) is 49.3. The molecule has 0 bridgehead atoms. The van der Waals surface area contributed by atoms with Crippen LogP contribution in [-0.4, -0.2) is 18.4 Å². The van der Waals surface area contributed by atoms with E-state index in [1.807, 2.05) is 91.0 Å². The summed E-state index contributed by atoms with van der Waals surface area (Å²) in [7, 11) is 0. The van der Waals surface area contributed by atoms with Crippen molar-refractivity contribution in [1.82, 2.24) is 0 Å². The normalized spacial score (nSPS) is 11.7. The summed E-state index contributed by atoms with van der Waals surface area (Å²) in [6.07, 6.45) is 26.8. The molecule has 0 unspecified atom stereocenters. The molecule has 4 aromatic carbocycles. The van der Waals surface area contributed by atoms with E-state index >= 15 is 0 Å². The van der Waals surface area contributed by atoms with Crippen molar-refractivity contribution in [3.8, 4) is 5.75 Å². The molecule has 61 heavy (non-hydrogen) atoms. The van der Waals surface area contributed by atoms with Gasteiger partial charge in [-0.15, -0.1) is 0 Å². The molecule has 0 heterocycles. The largest absolute Gasteiger partial charge is 0.491 e. The van der Waals surface area contributed by atoms with Crippen molar-refractivity contribution in [3.63, 3.8) is 0 Å². The van der Waals surface area contributed by atoms with Crippen LogP contribution in [0.25, 0.3) is 0 Å². The summed E-state index contributed by atoms with van der Waals surface area (Å²) < 4.78 is 6.72. The van der Waals surface area contributed by atoms with Crippen LogP contribution < -0.4 is 14.5 Å². The molecule has 0 atom stereocenters. The lowest BCUT2D eigenvalue weighted by Crippen LogP contribution is -2.42. The van der Waals surface area contributed by atoms with Gasteiger partial charge in [-0.05, 0) is 76.9 Å². The number of carbonyl (C=O) groups is 2. The molecule has 0 aliphatic heterocycles. The lowest BCUT2D eigenvalue weighted by atomic mass is 9.75. The van der Waals surface area contributed by atoms with E-state index < -0.39 is 11.8 Å². The van der Waals surface area contributed by atoms with Gasteiger partial charge in [-0.25, -0.2) is 0 Å². The molecule has 0 aliphatic rings. The number of carbonyl (C=O) groups excluding carboxylic acids is 2. The highest BCUT2D eigenvalue weighted by atomic mass is 16.5. The average Bonchev–Trinajstić information content (AvgIpc) is 3.25. The Bertz CT molecular complexity index is 1790. The first-order valence-electron chi connectivity index (χ1n) is 24.1. The maximum atomic E-state index is 15.0. The standard InChI is InChI=1S/C56H80N2O3/c1-8-9-10-11-12-13-14-15-16-17-18-19-20-21-22-23-24-25-26-36-43-61-52-45-50(56(5,6)7)49(55(2,3)4)44-51(52)58(48-41-34-29-35-42-48)54(60)53(59)57(46-37-30-27-31-38-46)47-39-32-28-33-40-47/h27-35,37-42,44-45H,8-26,36,43H2,1-7H3. The lowest BCUT2D eigenvalue weighted by molar-refractivity contribution is -0.135. The predicted octanol–water partition coefficient (Wildman–Crippen LogP) is 16.5. The van der Waals surface area contributed by atoms with Gasteiger partial charge in [0.05, 0.1) is 12.3 Å². The van der Waals surface area contributed by atoms with Crippen molar-refractivity contribution in [3.05, 3.63) is 114 Å². The highest BCUT2D eigenvalue weighted by molar-refractivity contribution is 6.47. The second kappa shape index (κ2) is 26.2. The van der Waals surface area contributed by atoms with E-state index in [9.17, 15) is 9.59 Å². The Balaban J connectivity index is 1.39. The summed E-state index contributed by atoms with van der Waals surface area (Å²) in [5.74, 6) is -0.698. The number of hydrogen-bond donors (Lipinski definition) is 0. The number of para-hydroxylation sites is 3. The number of benzene rings is 4. The van der Waals surface area contributed by atoms with Crippen molar-refractivity contribution in [2.75, 3.05) is 16.4 Å². The molecule has 0 N–H and O–H groups in total. The van der Waals surface area contributed by atoms with Crippen molar-refractivity contribution >= 4 is 34.6 Å². The summed E-state index contributed by atoms with van der Waals surface area (Å²) in [5, 5.41) is 0. The Kier molecular flexibility index (Phi) is 21.1. The molecule has 4 rings (SSSR count). The molecule has 0 spiro atoms. The van der Waals surface area contributed by atoms with Crippen molar-refractivity contribution in [2.24, 2.45) is 0 Å². The second-order valence-corrected chi connectivity index (χ2v) is 19.2. The fourth-order valence-electron chi connectivity index (χ4n) is 8.31. The monoisotopic (exact) mass is 829 g/mol. The highest BCUT2D eigenvalue weighted by Gasteiger charge is 2.35. The zero-order valence-corrected chi connectivity index (χ0v) is 39.3. The Morgan fingerprint density at radius 3 is 1.10 bits per heavy atom. The molecule has 2 amide bonds. The molecular weight excluding hydrogens is 749 g/mol. The zero-order valence-electron chi connectivity index (χ0n) is 39.3. The maximum absolute atomic E-state index is 15.0. The van der Waals surface area contributed by atoms with Gasteiger partial charge in [0, 0.05) is 17.1 Å². The third kappa shape index (κ3) is 16.4. The summed E-state index contributed by atoms with van der Waals surface area (Å²) in [4.78, 5) is 32.7. The molecule has 5 nitrogen and oxygen atoms in total.